The van der Waals surface area contributed by atoms with E-state index in [4.69, 9.17) is 15.8 Å². The lowest BCUT2D eigenvalue weighted by Gasteiger charge is -2.19. The number of amidine groups is 1. The van der Waals surface area contributed by atoms with Crippen molar-refractivity contribution < 1.29 is 19.9 Å². The average molecular weight is 335 g/mol. The van der Waals surface area contributed by atoms with Crippen LogP contribution in [0.1, 0.15) is 18.5 Å². The molecular formula is C14H22BN5O4. The topological polar surface area (TPSA) is 148 Å². The van der Waals surface area contributed by atoms with Crippen molar-refractivity contribution in [2.75, 3.05) is 18.8 Å². The largest absolute Gasteiger partial charge is 0.481 e. The molecule has 0 radical (unpaired) electrons. The van der Waals surface area contributed by atoms with Crippen molar-refractivity contribution in [1.82, 2.24) is 14.9 Å². The van der Waals surface area contributed by atoms with Crippen LogP contribution in [-0.2, 0) is 4.79 Å². The van der Waals surface area contributed by atoms with Crippen molar-refractivity contribution in [2.24, 2.45) is 16.8 Å². The summed E-state index contributed by atoms with van der Waals surface area (Å²) in [5, 5.41) is 27.4. The summed E-state index contributed by atoms with van der Waals surface area (Å²) >= 11 is 0. The lowest BCUT2D eigenvalue weighted by molar-refractivity contribution is -0.142. The lowest BCUT2D eigenvalue weighted by Crippen LogP contribution is -2.31. The molecule has 1 unspecified atom stereocenters. The van der Waals surface area contributed by atoms with Crippen LogP contribution < -0.4 is 5.73 Å². The van der Waals surface area contributed by atoms with E-state index in [2.05, 4.69) is 21.5 Å². The van der Waals surface area contributed by atoms with Gasteiger partial charge in [-0.3, -0.25) is 4.79 Å². The third-order valence-electron chi connectivity index (χ3n) is 4.20. The van der Waals surface area contributed by atoms with Gasteiger partial charge < -0.3 is 30.8 Å². The number of aromatic nitrogens is 2. The van der Waals surface area contributed by atoms with E-state index in [9.17, 15) is 9.90 Å². The second kappa shape index (κ2) is 7.98. The number of likely N-dealkylation sites (tertiary alicyclic amines) is 1. The molecule has 0 saturated carbocycles. The Hall–Kier alpha value is -2.33. The number of H-pyrrole nitrogens is 1. The van der Waals surface area contributed by atoms with Gasteiger partial charge in [0.05, 0.1) is 12.2 Å². The van der Waals surface area contributed by atoms with Gasteiger partial charge in [0.1, 0.15) is 5.69 Å². The van der Waals surface area contributed by atoms with Crippen LogP contribution in [0.25, 0.3) is 0 Å². The van der Waals surface area contributed by atoms with Crippen molar-refractivity contribution in [3.8, 4) is 0 Å². The second-order valence-corrected chi connectivity index (χ2v) is 5.82. The number of carbonyl (C=O) groups is 1. The third-order valence-corrected chi connectivity index (χ3v) is 4.20. The number of aliphatic imine (C=N–C) groups is 1. The zero-order valence-corrected chi connectivity index (χ0v) is 13.3. The number of carboxylic acids is 1. The smallest absolute Gasteiger partial charge is 0.451 e. The number of nitrogens with one attached hydrogen (secondary N) is 1. The normalized spacial score (nSPS) is 21.1. The van der Waals surface area contributed by atoms with Crippen molar-refractivity contribution in [3.05, 3.63) is 24.8 Å². The minimum atomic E-state index is -1.37. The molecule has 1 aromatic heterocycles. The molecule has 10 heteroatoms. The first-order valence-electron chi connectivity index (χ1n) is 7.75. The van der Waals surface area contributed by atoms with Crippen LogP contribution in [0.5, 0.6) is 0 Å². The third kappa shape index (κ3) is 4.15. The molecule has 2 atom stereocenters. The second-order valence-electron chi connectivity index (χ2n) is 5.82. The number of rotatable bonds is 7. The zero-order chi connectivity index (χ0) is 17.7. The molecule has 0 aromatic carbocycles. The van der Waals surface area contributed by atoms with Gasteiger partial charge in [-0.05, 0) is 18.7 Å². The van der Waals surface area contributed by atoms with Crippen molar-refractivity contribution >= 4 is 24.7 Å². The Labute approximate surface area is 140 Å². The molecule has 1 fully saturated rings. The van der Waals surface area contributed by atoms with Gasteiger partial charge in [0.25, 0.3) is 0 Å². The van der Waals surface area contributed by atoms with Crippen LogP contribution in [-0.4, -0.2) is 62.0 Å². The van der Waals surface area contributed by atoms with Gasteiger partial charge in [-0.2, -0.15) is 0 Å². The highest BCUT2D eigenvalue weighted by Crippen LogP contribution is 2.30. The fraction of sp³-hybridized carbons (Fsp3) is 0.500. The average Bonchev–Trinajstić information content (AvgIpc) is 3.11. The highest BCUT2D eigenvalue weighted by atomic mass is 16.4. The van der Waals surface area contributed by atoms with Gasteiger partial charge in [-0.1, -0.05) is 13.0 Å². The summed E-state index contributed by atoms with van der Waals surface area (Å²) in [6.07, 6.45) is 4.18. The number of nitrogen functional groups attached to an aromatic ring is 1. The van der Waals surface area contributed by atoms with Crippen molar-refractivity contribution in [1.29, 1.82) is 0 Å². The van der Waals surface area contributed by atoms with Crippen molar-refractivity contribution in [3.63, 3.8) is 0 Å². The summed E-state index contributed by atoms with van der Waals surface area (Å²) in [5.74, 6) is -0.742. The molecule has 1 saturated heterocycles. The zero-order valence-electron chi connectivity index (χ0n) is 13.3. The number of imidazole rings is 1. The molecule has 9 nitrogen and oxygen atoms in total. The van der Waals surface area contributed by atoms with Crippen LogP contribution in [0, 0.1) is 11.8 Å². The Morgan fingerprint density at radius 1 is 1.58 bits per heavy atom. The number of nitrogens with two attached hydrogens (primary N) is 1. The van der Waals surface area contributed by atoms with Crippen LogP contribution in [0.3, 0.4) is 0 Å². The summed E-state index contributed by atoms with van der Waals surface area (Å²) in [6, 6.07) is 0. The minimum Gasteiger partial charge on any atom is -0.481 e. The van der Waals surface area contributed by atoms with E-state index in [0.29, 0.717) is 37.5 Å². The summed E-state index contributed by atoms with van der Waals surface area (Å²) < 4.78 is 0. The number of hydrogen-bond donors (Lipinski definition) is 5. The Morgan fingerprint density at radius 2 is 2.33 bits per heavy atom. The van der Waals surface area contributed by atoms with Crippen molar-refractivity contribution in [2.45, 2.75) is 19.2 Å². The maximum atomic E-state index is 11.6. The predicted octanol–water partition coefficient (Wildman–Crippen LogP) is -0.232. The lowest BCUT2D eigenvalue weighted by atomic mass is 9.80. The first-order valence-corrected chi connectivity index (χ1v) is 7.75. The molecule has 1 aromatic rings. The van der Waals surface area contributed by atoms with Crippen LogP contribution in [0.2, 0.25) is 6.32 Å². The summed E-state index contributed by atoms with van der Waals surface area (Å²) in [7, 11) is -1.37. The molecular weight excluding hydrogens is 313 g/mol. The number of carboxylic acid groups (broad SMARTS) is 1. The first-order chi connectivity index (χ1) is 11.4. The van der Waals surface area contributed by atoms with Crippen LogP contribution >= 0.6 is 0 Å². The highest BCUT2D eigenvalue weighted by molar-refractivity contribution is 6.40. The Balaban J connectivity index is 2.15. The molecule has 6 N–H and O–H groups in total. The SMILES string of the molecule is C=C/N=C(\c1[nH]cnc1N)N1CC(C(=O)O)[C@@H](CCCB(O)O)C1. The molecule has 0 aliphatic carbocycles. The number of anilines is 1. The molecule has 24 heavy (non-hydrogen) atoms. The molecule has 1 aliphatic rings. The first kappa shape index (κ1) is 18.0. The molecule has 1 aliphatic heterocycles. The summed E-state index contributed by atoms with van der Waals surface area (Å²) in [5.41, 5.74) is 6.36. The highest BCUT2D eigenvalue weighted by Gasteiger charge is 2.39. The van der Waals surface area contributed by atoms with E-state index >= 15 is 0 Å². The number of hydrogen-bond acceptors (Lipinski definition) is 6. The maximum Gasteiger partial charge on any atom is 0.451 e. The minimum absolute atomic E-state index is 0.111. The van der Waals surface area contributed by atoms with Gasteiger partial charge in [0.2, 0.25) is 0 Å². The van der Waals surface area contributed by atoms with E-state index < -0.39 is 19.0 Å². The van der Waals surface area contributed by atoms with E-state index in [1.165, 1.54) is 12.5 Å². The molecule has 0 spiro atoms. The molecule has 2 rings (SSSR count). The fourth-order valence-electron chi connectivity index (χ4n) is 3.05. The van der Waals surface area contributed by atoms with E-state index in [0.717, 1.165) is 0 Å². The quantitative estimate of drug-likeness (QED) is 0.262. The number of aliphatic carboxylic acids is 1. The Morgan fingerprint density at radius 3 is 2.88 bits per heavy atom. The standard InChI is InChI=1S/C14H22BN5O4/c1-2-17-13(11-12(16)19-8-18-11)20-6-9(4-3-5-15(23)24)10(7-20)14(21)22/h2,8-10,23-24H,1,3-7,16H2,(H,18,19)(H,21,22)/b17-13+/t9-,10?/m0/s1. The summed E-state index contributed by atoms with van der Waals surface area (Å²) in [4.78, 5) is 24.5. The van der Waals surface area contributed by atoms with Gasteiger partial charge in [-0.15, -0.1) is 0 Å². The number of aromatic amines is 1. The summed E-state index contributed by atoms with van der Waals surface area (Å²) in [6.45, 7) is 4.38. The Bertz CT molecular complexity index is 618. The van der Waals surface area contributed by atoms with E-state index in [-0.39, 0.29) is 18.1 Å². The predicted molar refractivity (Wildman–Crippen MR) is 90.2 cm³/mol. The monoisotopic (exact) mass is 335 g/mol. The van der Waals surface area contributed by atoms with Crippen LogP contribution in [0.15, 0.2) is 24.1 Å². The van der Waals surface area contributed by atoms with Crippen LogP contribution in [0.4, 0.5) is 5.82 Å². The van der Waals surface area contributed by atoms with Gasteiger partial charge >= 0.3 is 13.1 Å². The maximum absolute atomic E-state index is 11.6. The molecule has 2 heterocycles. The van der Waals surface area contributed by atoms with E-state index in [1.54, 1.807) is 0 Å². The Kier molecular flexibility index (Phi) is 5.99. The number of nitrogens with zero attached hydrogens (tertiary/aromatic N) is 3. The van der Waals surface area contributed by atoms with Gasteiger partial charge in [0, 0.05) is 19.3 Å². The fourth-order valence-corrected chi connectivity index (χ4v) is 3.05. The molecule has 130 valence electrons. The molecule has 0 amide bonds. The molecule has 0 bridgehead atoms. The van der Waals surface area contributed by atoms with Gasteiger partial charge in [0.15, 0.2) is 11.7 Å². The van der Waals surface area contributed by atoms with Gasteiger partial charge in [-0.25, -0.2) is 9.98 Å². The van der Waals surface area contributed by atoms with E-state index in [1.807, 2.05) is 4.90 Å².